The van der Waals surface area contributed by atoms with Crippen LogP contribution in [0.25, 0.3) is 0 Å². The van der Waals surface area contributed by atoms with E-state index in [1.807, 2.05) is 13.0 Å². The summed E-state index contributed by atoms with van der Waals surface area (Å²) < 4.78 is 27.2. The molecule has 11 atom stereocenters. The van der Waals surface area contributed by atoms with Crippen LogP contribution < -0.4 is 5.82 Å². The van der Waals surface area contributed by atoms with Crippen molar-refractivity contribution in [2.45, 2.75) is 132 Å². The third-order valence-electron chi connectivity index (χ3n) is 15.2. The number of fused-ring (bicyclic) bond motifs is 7. The Hall–Kier alpha value is -3.21. The van der Waals surface area contributed by atoms with Crippen LogP contribution >= 0.6 is 0 Å². The molecule has 0 spiro atoms. The zero-order valence-corrected chi connectivity index (χ0v) is 31.1. The maximum atomic E-state index is 14.8. The molecule has 0 aromatic carbocycles. The van der Waals surface area contributed by atoms with E-state index < -0.39 is 63.5 Å². The lowest BCUT2D eigenvalue weighted by molar-refractivity contribution is -0.226. The number of hydrogen-bond acceptors (Lipinski definition) is 10. The van der Waals surface area contributed by atoms with Crippen molar-refractivity contribution in [1.29, 1.82) is 0 Å². The molecular formula is C39H54O11. The molecule has 4 fully saturated rings. The number of rotatable bonds is 7. The third-order valence-corrected chi connectivity index (χ3v) is 15.2. The molecule has 5 aliphatic rings. The molecule has 0 radical (unpaired) electrons. The summed E-state index contributed by atoms with van der Waals surface area (Å²) in [6.45, 7) is 15.4. The van der Waals surface area contributed by atoms with Gasteiger partial charge in [0.1, 0.15) is 11.5 Å². The number of hydrogen-bond donors (Lipinski definition) is 1. The van der Waals surface area contributed by atoms with Crippen LogP contribution in [0, 0.1) is 57.2 Å². The fraction of sp³-hybridized carbons (Fsp3) is 0.769. The number of esters is 2. The first kappa shape index (κ1) is 36.6. The van der Waals surface area contributed by atoms with Crippen molar-refractivity contribution in [3.05, 3.63) is 33.8 Å². The van der Waals surface area contributed by atoms with Crippen molar-refractivity contribution in [1.82, 2.24) is 0 Å². The summed E-state index contributed by atoms with van der Waals surface area (Å²) in [6.07, 6.45) is 6.15. The maximum Gasteiger partial charge on any atom is 0.519 e. The average Bonchev–Trinajstić information content (AvgIpc) is 3.38. The quantitative estimate of drug-likeness (QED) is 0.307. The standard InChI is InChI=1S/C39H54O11/c1-21-26(49-33(45)48-21)20-47-32(44)39(8)27-10-13-38(7)29(36(27,5)12-11-28(39)50-30(41)22(2)46-9)25(40)18-23-24-19-35(4,31(42)43)15-14-34(24,3)16-17-37(23,38)6/h18,22,24,27-29H,10-17,19-20H2,1-9H3,(H,42,43)/t22-,24-,27+,28-,29+,34+,35-,36-,37+,38+,39-/m0/s1. The first-order valence-corrected chi connectivity index (χ1v) is 18.2. The van der Waals surface area contributed by atoms with Crippen molar-refractivity contribution < 1.29 is 47.3 Å². The van der Waals surface area contributed by atoms with Crippen LogP contribution in [0.15, 0.2) is 25.3 Å². The smallest absolute Gasteiger partial charge is 0.481 e. The van der Waals surface area contributed by atoms with Gasteiger partial charge >= 0.3 is 23.7 Å². The topological polar surface area (TPSA) is 160 Å². The van der Waals surface area contributed by atoms with Gasteiger partial charge in [0.25, 0.3) is 0 Å². The van der Waals surface area contributed by atoms with Crippen molar-refractivity contribution in [3.63, 3.8) is 0 Å². The number of aliphatic carboxylic acids is 1. The number of methoxy groups -OCH3 is 1. The van der Waals surface area contributed by atoms with Gasteiger partial charge in [0.2, 0.25) is 0 Å². The van der Waals surface area contributed by atoms with E-state index in [1.54, 1.807) is 20.8 Å². The van der Waals surface area contributed by atoms with Gasteiger partial charge in [0.05, 0.1) is 5.41 Å². The van der Waals surface area contributed by atoms with Gasteiger partial charge in [0.15, 0.2) is 30.0 Å². The second-order valence-corrected chi connectivity index (χ2v) is 17.7. The predicted octanol–water partition coefficient (Wildman–Crippen LogP) is 6.58. The van der Waals surface area contributed by atoms with E-state index in [2.05, 4.69) is 27.7 Å². The molecule has 11 heteroatoms. The molecule has 4 saturated carbocycles. The number of ketones is 1. The fourth-order valence-corrected chi connectivity index (χ4v) is 11.6. The van der Waals surface area contributed by atoms with Gasteiger partial charge in [-0.2, -0.15) is 0 Å². The zero-order valence-electron chi connectivity index (χ0n) is 31.1. The summed E-state index contributed by atoms with van der Waals surface area (Å²) in [4.78, 5) is 66.5. The molecule has 0 aliphatic heterocycles. The molecule has 0 bridgehead atoms. The van der Waals surface area contributed by atoms with Crippen molar-refractivity contribution in [2.24, 2.45) is 50.2 Å². The number of carboxylic acid groups (broad SMARTS) is 1. The van der Waals surface area contributed by atoms with Gasteiger partial charge in [-0.3, -0.25) is 14.4 Å². The van der Waals surface area contributed by atoms with E-state index in [0.29, 0.717) is 38.5 Å². The molecule has 1 aromatic heterocycles. The van der Waals surface area contributed by atoms with Crippen LogP contribution in [0.5, 0.6) is 0 Å². The van der Waals surface area contributed by atoms with E-state index >= 15 is 0 Å². The number of allylic oxidation sites excluding steroid dienone is 2. The Kier molecular flexibility index (Phi) is 8.72. The Morgan fingerprint density at radius 1 is 0.960 bits per heavy atom. The summed E-state index contributed by atoms with van der Waals surface area (Å²) >= 11 is 0. The van der Waals surface area contributed by atoms with Crippen LogP contribution in [-0.2, 0) is 40.0 Å². The summed E-state index contributed by atoms with van der Waals surface area (Å²) in [5.41, 5.74) is -2.58. The normalized spacial score (nSPS) is 42.9. The minimum atomic E-state index is -1.33. The van der Waals surface area contributed by atoms with Crippen LogP contribution in [-0.4, -0.2) is 48.1 Å². The number of ether oxygens (including phenoxy) is 3. The van der Waals surface area contributed by atoms with Crippen molar-refractivity contribution in [3.8, 4) is 0 Å². The van der Waals surface area contributed by atoms with Gasteiger partial charge in [-0.1, -0.05) is 33.3 Å². The van der Waals surface area contributed by atoms with Gasteiger partial charge in [0, 0.05) is 13.0 Å². The summed E-state index contributed by atoms with van der Waals surface area (Å²) in [5, 5.41) is 10.2. The molecule has 5 aliphatic carbocycles. The van der Waals surface area contributed by atoms with Crippen molar-refractivity contribution >= 4 is 23.7 Å². The molecule has 50 heavy (non-hydrogen) atoms. The Labute approximate surface area is 293 Å². The maximum absolute atomic E-state index is 14.8. The first-order chi connectivity index (χ1) is 23.2. The molecule has 1 aromatic rings. The predicted molar refractivity (Wildman–Crippen MR) is 180 cm³/mol. The van der Waals surface area contributed by atoms with Gasteiger partial charge in [-0.05, 0) is 125 Å². The Morgan fingerprint density at radius 2 is 1.64 bits per heavy atom. The molecule has 1 N–H and O–H groups in total. The van der Waals surface area contributed by atoms with E-state index in [-0.39, 0.29) is 46.6 Å². The zero-order chi connectivity index (χ0) is 36.8. The molecular weight excluding hydrogens is 644 g/mol. The monoisotopic (exact) mass is 698 g/mol. The Bertz CT molecular complexity index is 1690. The average molecular weight is 699 g/mol. The van der Waals surface area contributed by atoms with Crippen molar-refractivity contribution in [2.75, 3.05) is 7.11 Å². The minimum Gasteiger partial charge on any atom is -0.481 e. The van der Waals surface area contributed by atoms with Crippen LogP contribution in [0.3, 0.4) is 0 Å². The lowest BCUT2D eigenvalue weighted by atomic mass is 9.33. The van der Waals surface area contributed by atoms with Crippen LogP contribution in [0.2, 0.25) is 0 Å². The highest BCUT2D eigenvalue weighted by atomic mass is 16.6. The highest BCUT2D eigenvalue weighted by molar-refractivity contribution is 5.96. The molecule has 0 unspecified atom stereocenters. The molecule has 6 rings (SSSR count). The molecule has 11 nitrogen and oxygen atoms in total. The van der Waals surface area contributed by atoms with E-state index in [1.165, 1.54) is 7.11 Å². The summed E-state index contributed by atoms with van der Waals surface area (Å²) in [5.74, 6) is -3.32. The van der Waals surface area contributed by atoms with Gasteiger partial charge in [-0.15, -0.1) is 0 Å². The van der Waals surface area contributed by atoms with Gasteiger partial charge in [-0.25, -0.2) is 9.59 Å². The minimum absolute atomic E-state index is 0.00653. The lowest BCUT2D eigenvalue weighted by Crippen LogP contribution is -2.68. The molecule has 0 saturated heterocycles. The second kappa shape index (κ2) is 11.9. The largest absolute Gasteiger partial charge is 0.519 e. The number of carbonyl (C=O) groups is 4. The molecule has 0 amide bonds. The highest BCUT2D eigenvalue weighted by Crippen LogP contribution is 2.75. The highest BCUT2D eigenvalue weighted by Gasteiger charge is 2.72. The molecule has 276 valence electrons. The molecule has 1 heterocycles. The fourth-order valence-electron chi connectivity index (χ4n) is 11.6. The van der Waals surface area contributed by atoms with E-state index in [9.17, 15) is 29.1 Å². The summed E-state index contributed by atoms with van der Waals surface area (Å²) in [7, 11) is 1.42. The van der Waals surface area contributed by atoms with E-state index in [4.69, 9.17) is 23.0 Å². The summed E-state index contributed by atoms with van der Waals surface area (Å²) in [6, 6.07) is 0. The van der Waals surface area contributed by atoms with Gasteiger partial charge < -0.3 is 28.2 Å². The van der Waals surface area contributed by atoms with Crippen LogP contribution in [0.1, 0.15) is 118 Å². The van der Waals surface area contributed by atoms with Crippen LogP contribution in [0.4, 0.5) is 0 Å². The number of aryl methyl sites for hydroxylation is 1. The number of carbonyl (C=O) groups excluding carboxylic acids is 3. The SMILES string of the molecule is CO[C@@H](C)C(=O)O[C@H]1CC[C@@]2(C)[C@@H](CC[C@]3(C)[C@@H]2C(=O)C=C2[C@@H]4C[C@@](C)(C(=O)O)CC[C@]4(C)CC[C@]23C)[C@]1(C)C(=O)OCc1oc(=O)oc1C. The third kappa shape index (κ3) is 5.10. The first-order valence-electron chi connectivity index (χ1n) is 18.2. The lowest BCUT2D eigenvalue weighted by Gasteiger charge is -2.70. The van der Waals surface area contributed by atoms with E-state index in [0.717, 1.165) is 24.8 Å². The Morgan fingerprint density at radius 3 is 2.26 bits per heavy atom. The second-order valence-electron chi connectivity index (χ2n) is 17.7. The Balaban J connectivity index is 1.40. The number of carboxylic acids is 1.